The van der Waals surface area contributed by atoms with E-state index in [1.165, 1.54) is 16.0 Å². The molecular formula is C29H29ClN2O4. The van der Waals surface area contributed by atoms with Crippen molar-refractivity contribution in [1.82, 2.24) is 4.90 Å². The number of hydrogen-bond donors (Lipinski definition) is 0. The van der Waals surface area contributed by atoms with Gasteiger partial charge in [-0.15, -0.1) is 0 Å². The van der Waals surface area contributed by atoms with Crippen LogP contribution in [0.15, 0.2) is 60.7 Å². The lowest BCUT2D eigenvalue weighted by molar-refractivity contribution is 0.0652. The fraction of sp³-hybridized carbons (Fsp3) is 0.310. The fourth-order valence-corrected chi connectivity index (χ4v) is 5.15. The highest BCUT2D eigenvalue weighted by Crippen LogP contribution is 2.39. The molecule has 0 spiro atoms. The van der Waals surface area contributed by atoms with Crippen LogP contribution in [0.4, 0.5) is 11.4 Å². The van der Waals surface area contributed by atoms with Crippen molar-refractivity contribution in [3.05, 3.63) is 87.9 Å². The van der Waals surface area contributed by atoms with Gasteiger partial charge in [-0.05, 0) is 79.3 Å². The van der Waals surface area contributed by atoms with Crippen molar-refractivity contribution in [3.8, 4) is 5.75 Å². The summed E-state index contributed by atoms with van der Waals surface area (Å²) in [5, 5.41) is 0.702. The van der Waals surface area contributed by atoms with Gasteiger partial charge in [-0.1, -0.05) is 29.8 Å². The lowest BCUT2D eigenvalue weighted by atomic mass is 10.0. The maximum Gasteiger partial charge on any atom is 0.261 e. The number of fused-ring (bicyclic) bond motifs is 3. The van der Waals surface area contributed by atoms with Crippen LogP contribution in [-0.4, -0.2) is 50.1 Å². The van der Waals surface area contributed by atoms with Gasteiger partial charge in [-0.25, -0.2) is 0 Å². The molecule has 0 radical (unpaired) electrons. The Hall–Kier alpha value is -3.35. The molecule has 36 heavy (non-hydrogen) atoms. The molecule has 2 aliphatic rings. The molecule has 0 bridgehead atoms. The lowest BCUT2D eigenvalue weighted by Gasteiger charge is -2.28. The molecule has 6 nitrogen and oxygen atoms in total. The highest BCUT2D eigenvalue weighted by Gasteiger charge is 2.34. The second-order valence-electron chi connectivity index (χ2n) is 9.07. The van der Waals surface area contributed by atoms with Crippen LogP contribution in [0.2, 0.25) is 5.02 Å². The Labute approximate surface area is 216 Å². The molecule has 0 fully saturated rings. The second-order valence-corrected chi connectivity index (χ2v) is 9.51. The summed E-state index contributed by atoms with van der Waals surface area (Å²) < 4.78 is 11.0. The molecule has 2 aliphatic heterocycles. The number of anilines is 2. The number of amides is 2. The minimum Gasteiger partial charge on any atom is -0.491 e. The Morgan fingerprint density at radius 3 is 2.19 bits per heavy atom. The highest BCUT2D eigenvalue weighted by atomic mass is 35.5. The van der Waals surface area contributed by atoms with E-state index in [2.05, 4.69) is 23.1 Å². The van der Waals surface area contributed by atoms with Crippen molar-refractivity contribution in [1.29, 1.82) is 0 Å². The van der Waals surface area contributed by atoms with E-state index in [9.17, 15) is 9.59 Å². The van der Waals surface area contributed by atoms with Gasteiger partial charge in [0, 0.05) is 36.6 Å². The Kier molecular flexibility index (Phi) is 7.25. The second kappa shape index (κ2) is 10.7. The maximum atomic E-state index is 12.7. The normalized spacial score (nSPS) is 14.4. The smallest absolute Gasteiger partial charge is 0.261 e. The van der Waals surface area contributed by atoms with Crippen LogP contribution in [-0.2, 0) is 17.6 Å². The molecule has 2 amide bonds. The van der Waals surface area contributed by atoms with Crippen molar-refractivity contribution < 1.29 is 19.1 Å². The van der Waals surface area contributed by atoms with Crippen LogP contribution in [0.5, 0.6) is 5.75 Å². The predicted molar refractivity (Wildman–Crippen MR) is 141 cm³/mol. The van der Waals surface area contributed by atoms with E-state index >= 15 is 0 Å². The van der Waals surface area contributed by atoms with E-state index in [-0.39, 0.29) is 11.8 Å². The summed E-state index contributed by atoms with van der Waals surface area (Å²) in [6.07, 6.45) is 3.33. The molecule has 3 aromatic carbocycles. The Morgan fingerprint density at radius 1 is 0.778 bits per heavy atom. The summed E-state index contributed by atoms with van der Waals surface area (Å²) in [6.45, 7) is 2.20. The predicted octanol–water partition coefficient (Wildman–Crippen LogP) is 5.68. The number of unbranched alkanes of at least 4 members (excludes halogenated alkanes) is 1. The van der Waals surface area contributed by atoms with Gasteiger partial charge < -0.3 is 14.4 Å². The molecule has 0 aromatic heterocycles. The van der Waals surface area contributed by atoms with Gasteiger partial charge in [0.1, 0.15) is 12.4 Å². The number of carbonyl (C=O) groups excluding carboxylic acids is 2. The topological polar surface area (TPSA) is 59.1 Å². The van der Waals surface area contributed by atoms with Crippen molar-refractivity contribution in [2.24, 2.45) is 0 Å². The molecular weight excluding hydrogens is 476 g/mol. The molecule has 3 aromatic rings. The number of methoxy groups -OCH3 is 1. The number of nitrogens with zero attached hydrogens (tertiary/aromatic N) is 2. The van der Waals surface area contributed by atoms with E-state index in [1.807, 2.05) is 18.2 Å². The standard InChI is InChI=1S/C29H29ClN2O4/c1-35-16-17-36-23-12-13-26-21(18-23)9-8-20-10-11-22(30)19-27(20)31(26)14-4-5-15-32-28(33)24-6-2-3-7-25(24)29(32)34/h2-3,6-7,10-13,18-19H,4-5,8-9,14-17H2,1H3. The first-order valence-corrected chi connectivity index (χ1v) is 12.7. The van der Waals surface area contributed by atoms with Crippen molar-refractivity contribution in [3.63, 3.8) is 0 Å². The van der Waals surface area contributed by atoms with Crippen molar-refractivity contribution >= 4 is 34.8 Å². The quantitative estimate of drug-likeness (QED) is 0.277. The number of halogens is 1. The molecule has 0 atom stereocenters. The molecule has 0 aliphatic carbocycles. The fourth-order valence-electron chi connectivity index (χ4n) is 4.98. The van der Waals surface area contributed by atoms with Crippen LogP contribution in [0.1, 0.15) is 44.7 Å². The zero-order valence-corrected chi connectivity index (χ0v) is 21.1. The number of rotatable bonds is 9. The first kappa shape index (κ1) is 24.3. The lowest BCUT2D eigenvalue weighted by Crippen LogP contribution is -2.31. The summed E-state index contributed by atoms with van der Waals surface area (Å²) in [5.74, 6) is 0.433. The van der Waals surface area contributed by atoms with Gasteiger partial charge in [0.2, 0.25) is 0 Å². The van der Waals surface area contributed by atoms with Crippen LogP contribution >= 0.6 is 11.6 Å². The minimum absolute atomic E-state index is 0.200. The first-order chi connectivity index (χ1) is 17.6. The highest BCUT2D eigenvalue weighted by molar-refractivity contribution is 6.31. The van der Waals surface area contributed by atoms with E-state index in [0.717, 1.165) is 42.9 Å². The van der Waals surface area contributed by atoms with E-state index in [1.54, 1.807) is 31.4 Å². The molecule has 7 heteroatoms. The monoisotopic (exact) mass is 504 g/mol. The Bertz CT molecular complexity index is 1260. The Morgan fingerprint density at radius 2 is 1.47 bits per heavy atom. The number of benzene rings is 3. The third kappa shape index (κ3) is 4.84. The van der Waals surface area contributed by atoms with Gasteiger partial charge in [-0.2, -0.15) is 0 Å². The third-order valence-electron chi connectivity index (χ3n) is 6.79. The van der Waals surface area contributed by atoms with Gasteiger partial charge in [-0.3, -0.25) is 14.5 Å². The zero-order chi connectivity index (χ0) is 25.1. The average molecular weight is 505 g/mol. The van der Waals surface area contributed by atoms with Gasteiger partial charge in [0.05, 0.1) is 17.7 Å². The maximum absolute atomic E-state index is 12.7. The average Bonchev–Trinajstić information content (AvgIpc) is 3.03. The summed E-state index contributed by atoms with van der Waals surface area (Å²) in [7, 11) is 1.66. The molecule has 186 valence electrons. The van der Waals surface area contributed by atoms with E-state index in [4.69, 9.17) is 21.1 Å². The van der Waals surface area contributed by atoms with Gasteiger partial charge in [0.15, 0.2) is 0 Å². The number of carbonyl (C=O) groups is 2. The molecule has 0 N–H and O–H groups in total. The van der Waals surface area contributed by atoms with Crippen molar-refractivity contribution in [2.75, 3.05) is 38.3 Å². The largest absolute Gasteiger partial charge is 0.491 e. The summed E-state index contributed by atoms with van der Waals surface area (Å²) in [4.78, 5) is 29.1. The third-order valence-corrected chi connectivity index (χ3v) is 7.03. The minimum atomic E-state index is -0.200. The van der Waals surface area contributed by atoms with Gasteiger partial charge in [0.25, 0.3) is 11.8 Å². The van der Waals surface area contributed by atoms with E-state index in [0.29, 0.717) is 42.3 Å². The van der Waals surface area contributed by atoms with Crippen LogP contribution in [0.3, 0.4) is 0 Å². The van der Waals surface area contributed by atoms with E-state index < -0.39 is 0 Å². The first-order valence-electron chi connectivity index (χ1n) is 12.3. The van der Waals surface area contributed by atoms with Gasteiger partial charge >= 0.3 is 0 Å². The Balaban J connectivity index is 1.32. The van der Waals surface area contributed by atoms with Crippen LogP contribution in [0.25, 0.3) is 0 Å². The number of imide groups is 1. The molecule has 5 rings (SSSR count). The molecule has 0 saturated heterocycles. The SMILES string of the molecule is COCCOc1ccc2c(c1)CCc1ccc(Cl)cc1N2CCCCN1C(=O)c2ccccc2C1=O. The summed E-state index contributed by atoms with van der Waals surface area (Å²) in [6, 6.07) is 19.3. The molecule has 2 heterocycles. The summed E-state index contributed by atoms with van der Waals surface area (Å²) >= 11 is 6.40. The molecule has 0 saturated carbocycles. The van der Waals surface area contributed by atoms with Crippen molar-refractivity contribution in [2.45, 2.75) is 25.7 Å². The number of hydrogen-bond acceptors (Lipinski definition) is 5. The molecule has 0 unspecified atom stereocenters. The summed E-state index contributed by atoms with van der Waals surface area (Å²) in [5.41, 5.74) is 5.70. The zero-order valence-electron chi connectivity index (χ0n) is 20.3. The number of ether oxygens (including phenoxy) is 2. The van der Waals surface area contributed by atoms with Crippen LogP contribution < -0.4 is 9.64 Å². The van der Waals surface area contributed by atoms with Crippen LogP contribution in [0, 0.1) is 0 Å². The number of aryl methyl sites for hydroxylation is 2.